The zero-order chi connectivity index (χ0) is 15.5. The quantitative estimate of drug-likeness (QED) is 0.448. The molecule has 0 spiro atoms. The third kappa shape index (κ3) is 3.75. The van der Waals surface area contributed by atoms with Crippen LogP contribution in [0.5, 0.6) is 5.75 Å². The lowest BCUT2D eigenvalue weighted by molar-refractivity contribution is -0.128. The molecule has 1 aliphatic carbocycles. The van der Waals surface area contributed by atoms with Gasteiger partial charge in [-0.2, -0.15) is 0 Å². The van der Waals surface area contributed by atoms with E-state index in [0.717, 1.165) is 11.8 Å². The molecule has 1 aromatic carbocycles. The van der Waals surface area contributed by atoms with Crippen molar-refractivity contribution in [1.82, 2.24) is 0 Å². The van der Waals surface area contributed by atoms with Gasteiger partial charge in [-0.15, -0.1) is 0 Å². The summed E-state index contributed by atoms with van der Waals surface area (Å²) >= 11 is 0. The first kappa shape index (κ1) is 15.8. The second-order valence-corrected chi connectivity index (χ2v) is 6.79. The predicted octanol–water partition coefficient (Wildman–Crippen LogP) is 4.88. The summed E-state index contributed by atoms with van der Waals surface area (Å²) in [4.78, 5) is 11.2. The first-order valence-electron chi connectivity index (χ1n) is 7.89. The van der Waals surface area contributed by atoms with Gasteiger partial charge in [0, 0.05) is 6.08 Å². The van der Waals surface area contributed by atoms with Gasteiger partial charge in [0.1, 0.15) is 5.75 Å². The summed E-state index contributed by atoms with van der Waals surface area (Å²) in [5.74, 6) is 1.83. The SMILES string of the molecule is C=CC(=O)Oc1ccc(C2(C)CCC(C(C)C)CC2)cc1. The van der Waals surface area contributed by atoms with Crippen LogP contribution in [0.25, 0.3) is 0 Å². The van der Waals surface area contributed by atoms with Crippen LogP contribution in [0, 0.1) is 11.8 Å². The largest absolute Gasteiger partial charge is 0.423 e. The molecular formula is C19H26O2. The van der Waals surface area contributed by atoms with E-state index >= 15 is 0 Å². The van der Waals surface area contributed by atoms with Crippen LogP contribution >= 0.6 is 0 Å². The lowest BCUT2D eigenvalue weighted by Crippen LogP contribution is -2.30. The van der Waals surface area contributed by atoms with Crippen molar-refractivity contribution in [3.63, 3.8) is 0 Å². The second kappa shape index (κ2) is 6.46. The molecule has 0 unspecified atom stereocenters. The molecule has 0 saturated heterocycles. The Labute approximate surface area is 128 Å². The van der Waals surface area contributed by atoms with Gasteiger partial charge in [0.2, 0.25) is 0 Å². The highest BCUT2D eigenvalue weighted by Crippen LogP contribution is 2.43. The van der Waals surface area contributed by atoms with Crippen molar-refractivity contribution in [2.24, 2.45) is 11.8 Å². The molecule has 1 aromatic rings. The van der Waals surface area contributed by atoms with E-state index in [1.165, 1.54) is 37.3 Å². The number of hydrogen-bond donors (Lipinski definition) is 0. The fourth-order valence-electron chi connectivity index (χ4n) is 3.32. The summed E-state index contributed by atoms with van der Waals surface area (Å²) in [6.07, 6.45) is 6.27. The minimum atomic E-state index is -0.411. The Bertz CT molecular complexity index is 491. The van der Waals surface area contributed by atoms with Crippen LogP contribution in [-0.4, -0.2) is 5.97 Å². The molecule has 0 aromatic heterocycles. The van der Waals surface area contributed by atoms with Gasteiger partial charge in [0.05, 0.1) is 0 Å². The Balaban J connectivity index is 2.05. The average molecular weight is 286 g/mol. The Morgan fingerprint density at radius 1 is 1.29 bits per heavy atom. The standard InChI is InChI=1S/C19H26O2/c1-5-18(20)21-17-8-6-16(7-9-17)19(4)12-10-15(11-13-19)14(2)3/h5-9,14-15H,1,10-13H2,2-4H3. The molecule has 0 radical (unpaired) electrons. The fourth-order valence-corrected chi connectivity index (χ4v) is 3.32. The molecule has 2 heteroatoms. The minimum absolute atomic E-state index is 0.256. The van der Waals surface area contributed by atoms with Crippen molar-refractivity contribution < 1.29 is 9.53 Å². The zero-order valence-corrected chi connectivity index (χ0v) is 13.4. The molecule has 1 saturated carbocycles. The van der Waals surface area contributed by atoms with E-state index in [1.54, 1.807) is 0 Å². The summed E-state index contributed by atoms with van der Waals surface area (Å²) in [6.45, 7) is 10.4. The maximum atomic E-state index is 11.2. The zero-order valence-electron chi connectivity index (χ0n) is 13.4. The van der Waals surface area contributed by atoms with E-state index in [0.29, 0.717) is 5.75 Å². The van der Waals surface area contributed by atoms with Gasteiger partial charge in [0.15, 0.2) is 0 Å². The molecule has 1 aliphatic rings. The number of carbonyl (C=O) groups is 1. The average Bonchev–Trinajstić information content (AvgIpc) is 2.48. The maximum absolute atomic E-state index is 11.2. The summed E-state index contributed by atoms with van der Waals surface area (Å²) in [5.41, 5.74) is 1.61. The number of esters is 1. The molecule has 21 heavy (non-hydrogen) atoms. The molecule has 114 valence electrons. The van der Waals surface area contributed by atoms with E-state index in [-0.39, 0.29) is 5.41 Å². The normalized spacial score (nSPS) is 25.6. The van der Waals surface area contributed by atoms with Gasteiger partial charge >= 0.3 is 5.97 Å². The molecule has 0 aliphatic heterocycles. The smallest absolute Gasteiger partial charge is 0.335 e. The van der Waals surface area contributed by atoms with Crippen LogP contribution in [0.4, 0.5) is 0 Å². The van der Waals surface area contributed by atoms with Crippen LogP contribution in [0.15, 0.2) is 36.9 Å². The van der Waals surface area contributed by atoms with E-state index in [2.05, 4.69) is 39.5 Å². The van der Waals surface area contributed by atoms with Crippen molar-refractivity contribution in [1.29, 1.82) is 0 Å². The number of rotatable bonds is 4. The molecule has 0 atom stereocenters. The monoisotopic (exact) mass is 286 g/mol. The number of carbonyl (C=O) groups excluding carboxylic acids is 1. The summed E-state index contributed by atoms with van der Waals surface area (Å²) in [6, 6.07) is 7.97. The topological polar surface area (TPSA) is 26.3 Å². The third-order valence-electron chi connectivity index (χ3n) is 5.01. The van der Waals surface area contributed by atoms with Crippen LogP contribution in [0.1, 0.15) is 52.0 Å². The van der Waals surface area contributed by atoms with Crippen LogP contribution < -0.4 is 4.74 Å². The van der Waals surface area contributed by atoms with E-state index in [4.69, 9.17) is 4.74 Å². The molecule has 0 bridgehead atoms. The van der Waals surface area contributed by atoms with Crippen LogP contribution in [-0.2, 0) is 10.2 Å². The number of benzene rings is 1. The summed E-state index contributed by atoms with van der Waals surface area (Å²) < 4.78 is 5.13. The van der Waals surface area contributed by atoms with E-state index < -0.39 is 5.97 Å². The van der Waals surface area contributed by atoms with Crippen LogP contribution in [0.3, 0.4) is 0 Å². The summed E-state index contributed by atoms with van der Waals surface area (Å²) in [7, 11) is 0. The molecule has 0 heterocycles. The number of hydrogen-bond acceptors (Lipinski definition) is 2. The lowest BCUT2D eigenvalue weighted by atomic mass is 9.66. The minimum Gasteiger partial charge on any atom is -0.423 e. The van der Waals surface area contributed by atoms with Crippen molar-refractivity contribution in [2.45, 2.75) is 51.9 Å². The highest BCUT2D eigenvalue weighted by molar-refractivity contribution is 5.83. The molecular weight excluding hydrogens is 260 g/mol. The molecule has 0 amide bonds. The highest BCUT2D eigenvalue weighted by Gasteiger charge is 2.33. The summed E-state index contributed by atoms with van der Waals surface area (Å²) in [5, 5.41) is 0. The van der Waals surface area contributed by atoms with Gasteiger partial charge in [-0.1, -0.05) is 39.5 Å². The molecule has 2 rings (SSSR count). The van der Waals surface area contributed by atoms with Crippen LogP contribution in [0.2, 0.25) is 0 Å². The Kier molecular flexibility index (Phi) is 4.87. The Morgan fingerprint density at radius 2 is 1.86 bits per heavy atom. The Hall–Kier alpha value is -1.57. The van der Waals surface area contributed by atoms with Crippen molar-refractivity contribution in [3.8, 4) is 5.75 Å². The van der Waals surface area contributed by atoms with Gasteiger partial charge in [-0.05, 0) is 60.6 Å². The Morgan fingerprint density at radius 3 is 2.33 bits per heavy atom. The fraction of sp³-hybridized carbons (Fsp3) is 0.526. The van der Waals surface area contributed by atoms with Gasteiger partial charge in [-0.3, -0.25) is 0 Å². The maximum Gasteiger partial charge on any atom is 0.335 e. The second-order valence-electron chi connectivity index (χ2n) is 6.79. The van der Waals surface area contributed by atoms with Gasteiger partial charge in [-0.25, -0.2) is 4.79 Å². The van der Waals surface area contributed by atoms with E-state index in [1.807, 2.05) is 12.1 Å². The van der Waals surface area contributed by atoms with Crippen molar-refractivity contribution in [3.05, 3.63) is 42.5 Å². The van der Waals surface area contributed by atoms with Gasteiger partial charge in [0.25, 0.3) is 0 Å². The molecule has 2 nitrogen and oxygen atoms in total. The van der Waals surface area contributed by atoms with Crippen molar-refractivity contribution in [2.75, 3.05) is 0 Å². The predicted molar refractivity (Wildman–Crippen MR) is 86.4 cm³/mol. The molecule has 0 N–H and O–H groups in total. The lowest BCUT2D eigenvalue weighted by Gasteiger charge is -2.39. The number of ether oxygens (including phenoxy) is 1. The van der Waals surface area contributed by atoms with Gasteiger partial charge < -0.3 is 4.74 Å². The van der Waals surface area contributed by atoms with Crippen molar-refractivity contribution >= 4 is 5.97 Å². The van der Waals surface area contributed by atoms with E-state index in [9.17, 15) is 4.79 Å². The molecule has 1 fully saturated rings. The first-order valence-corrected chi connectivity index (χ1v) is 7.89. The highest BCUT2D eigenvalue weighted by atomic mass is 16.5. The third-order valence-corrected chi connectivity index (χ3v) is 5.01. The first-order chi connectivity index (χ1) is 9.94.